The fraction of sp³-hybridized carbons (Fsp3) is 0.763. The molecule has 6 aliphatic carbocycles. The van der Waals surface area contributed by atoms with Crippen molar-refractivity contribution in [3.8, 4) is 0 Å². The zero-order valence-corrected chi connectivity index (χ0v) is 28.0. The van der Waals surface area contributed by atoms with Crippen LogP contribution in [-0.4, -0.2) is 21.7 Å². The Balaban J connectivity index is 1.35. The van der Waals surface area contributed by atoms with Crippen LogP contribution in [0.2, 0.25) is 0 Å². The van der Waals surface area contributed by atoms with Gasteiger partial charge in [-0.3, -0.25) is 4.79 Å². The molecule has 0 amide bonds. The minimum Gasteiger partial charge on any atom is -0.339 e. The smallest absolute Gasteiger partial charge is 0.233 e. The van der Waals surface area contributed by atoms with Gasteiger partial charge in [-0.2, -0.15) is 4.98 Å². The largest absolute Gasteiger partial charge is 0.339 e. The summed E-state index contributed by atoms with van der Waals surface area (Å²) in [6.07, 6.45) is 16.8. The van der Waals surface area contributed by atoms with Crippen molar-refractivity contribution in [3.63, 3.8) is 0 Å². The van der Waals surface area contributed by atoms with E-state index in [2.05, 4.69) is 44.6 Å². The summed E-state index contributed by atoms with van der Waals surface area (Å²) in [6.45, 7) is 23.6. The third kappa shape index (κ3) is 3.83. The molecule has 0 saturated heterocycles. The predicted octanol–water partition coefficient (Wildman–Crippen LogP) is 8.94. The van der Waals surface area contributed by atoms with Crippen molar-refractivity contribution in [2.75, 3.05) is 0 Å². The highest BCUT2D eigenvalue weighted by Gasteiger charge is 2.70. The maximum absolute atomic E-state index is 14.8. The topological polar surface area (TPSA) is 77.4 Å². The third-order valence-corrected chi connectivity index (χ3v) is 14.7. The SMILES string of the molecule is [C-]#[N+]C1=C[C@]2(C)C3=CC(=O)[C@@H]4[C@@H]5CC(C)(C)CC[C@]5(c5nc(C6CCCCC6)no5)CC[C@@]4(C)[C@]3(C)CC[C@H]2C(C)(C)C1=O. The van der Waals surface area contributed by atoms with Gasteiger partial charge in [0.15, 0.2) is 17.4 Å². The number of rotatable bonds is 2. The van der Waals surface area contributed by atoms with Crippen molar-refractivity contribution in [2.24, 2.45) is 44.8 Å². The molecule has 0 unspecified atom stereocenters. The Kier molecular flexibility index (Phi) is 6.50. The van der Waals surface area contributed by atoms with Gasteiger partial charge in [0, 0.05) is 22.7 Å². The molecule has 44 heavy (non-hydrogen) atoms. The molecule has 0 spiro atoms. The fourth-order valence-corrected chi connectivity index (χ4v) is 11.9. The lowest BCUT2D eigenvalue weighted by Crippen LogP contribution is -2.65. The number of hydrogen-bond donors (Lipinski definition) is 0. The van der Waals surface area contributed by atoms with Gasteiger partial charge in [-0.05, 0) is 91.9 Å². The lowest BCUT2D eigenvalue weighted by molar-refractivity contribution is -0.161. The molecule has 6 nitrogen and oxygen atoms in total. The van der Waals surface area contributed by atoms with E-state index in [0.717, 1.165) is 75.1 Å². The molecule has 4 fully saturated rings. The highest BCUT2D eigenvalue weighted by atomic mass is 16.5. The molecule has 0 aromatic carbocycles. The minimum absolute atomic E-state index is 0.0514. The molecule has 0 aliphatic heterocycles. The summed E-state index contributed by atoms with van der Waals surface area (Å²) >= 11 is 0. The number of hydrogen-bond acceptors (Lipinski definition) is 5. The number of nitrogens with zero attached hydrogens (tertiary/aromatic N) is 3. The number of aromatic nitrogens is 2. The Morgan fingerprint density at radius 3 is 2.32 bits per heavy atom. The van der Waals surface area contributed by atoms with E-state index in [1.54, 1.807) is 0 Å². The van der Waals surface area contributed by atoms with Gasteiger partial charge in [-0.15, -0.1) is 0 Å². The van der Waals surface area contributed by atoms with E-state index in [0.29, 0.717) is 5.92 Å². The van der Waals surface area contributed by atoms with Crippen LogP contribution in [0.15, 0.2) is 27.9 Å². The Morgan fingerprint density at radius 2 is 1.61 bits per heavy atom. The summed E-state index contributed by atoms with van der Waals surface area (Å²) < 4.78 is 6.25. The highest BCUT2D eigenvalue weighted by Crippen LogP contribution is 2.74. The van der Waals surface area contributed by atoms with Crippen LogP contribution in [-0.2, 0) is 15.0 Å². The number of ketones is 2. The van der Waals surface area contributed by atoms with Crippen molar-refractivity contribution in [2.45, 2.75) is 137 Å². The summed E-state index contributed by atoms with van der Waals surface area (Å²) in [5.74, 6) is 2.32. The lowest BCUT2D eigenvalue weighted by atomic mass is 9.34. The van der Waals surface area contributed by atoms with Crippen LogP contribution in [0, 0.1) is 51.4 Å². The summed E-state index contributed by atoms with van der Waals surface area (Å²) in [4.78, 5) is 37.1. The van der Waals surface area contributed by atoms with Crippen molar-refractivity contribution in [1.29, 1.82) is 0 Å². The monoisotopic (exact) mass is 597 g/mol. The molecular weight excluding hydrogens is 546 g/mol. The van der Waals surface area contributed by atoms with Crippen LogP contribution >= 0.6 is 0 Å². The summed E-state index contributed by atoms with van der Waals surface area (Å²) in [5, 5.41) is 4.60. The molecule has 236 valence electrons. The molecular formula is C38H51N3O3. The first-order valence-electron chi connectivity index (χ1n) is 17.4. The van der Waals surface area contributed by atoms with Crippen molar-refractivity contribution in [3.05, 3.63) is 46.6 Å². The zero-order valence-electron chi connectivity index (χ0n) is 28.0. The van der Waals surface area contributed by atoms with Gasteiger partial charge in [0.05, 0.1) is 12.0 Å². The number of carbonyl (C=O) groups excluding carboxylic acids is 2. The number of fused-ring (bicyclic) bond motifs is 7. The standard InChI is InChI=1S/C38H51N3O3/c1-33(2)16-18-38(32-40-31(41-44-32)23-12-10-9-11-13-23)19-17-37(7)29(24(38)21-33)26(42)20-28-35(5)22-25(39-8)30(43)34(3,4)27(35)14-15-36(28,37)6/h20,22-24,27,29H,9-19,21H2,1-7H3/t24-,27-,29-,35-,36+,37+,38-/m0/s1. The summed E-state index contributed by atoms with van der Waals surface area (Å²) in [7, 11) is 0. The van der Waals surface area contributed by atoms with Gasteiger partial charge in [0.1, 0.15) is 0 Å². The van der Waals surface area contributed by atoms with E-state index < -0.39 is 10.8 Å². The first kappa shape index (κ1) is 30.1. The van der Waals surface area contributed by atoms with Crippen LogP contribution in [0.4, 0.5) is 0 Å². The minimum atomic E-state index is -0.643. The maximum atomic E-state index is 14.8. The van der Waals surface area contributed by atoms with Crippen LogP contribution in [0.3, 0.4) is 0 Å². The average molecular weight is 598 g/mol. The molecule has 6 aliphatic rings. The van der Waals surface area contributed by atoms with Crippen LogP contribution in [0.25, 0.3) is 4.85 Å². The highest BCUT2D eigenvalue weighted by molar-refractivity contribution is 6.03. The fourth-order valence-electron chi connectivity index (χ4n) is 11.9. The van der Waals surface area contributed by atoms with E-state index in [9.17, 15) is 9.59 Å². The first-order chi connectivity index (χ1) is 20.6. The van der Waals surface area contributed by atoms with Gasteiger partial charge < -0.3 is 9.32 Å². The Labute approximate surface area is 263 Å². The van der Waals surface area contributed by atoms with Crippen molar-refractivity contribution >= 4 is 11.6 Å². The Bertz CT molecular complexity index is 1520. The lowest BCUT2D eigenvalue weighted by Gasteiger charge is -2.69. The molecule has 7 atom stereocenters. The molecule has 0 N–H and O–H groups in total. The Morgan fingerprint density at radius 1 is 0.909 bits per heavy atom. The molecule has 1 heterocycles. The van der Waals surface area contributed by atoms with Gasteiger partial charge in [0.2, 0.25) is 11.6 Å². The van der Waals surface area contributed by atoms with E-state index >= 15 is 0 Å². The van der Waals surface area contributed by atoms with Gasteiger partial charge in [-0.25, -0.2) is 4.85 Å². The summed E-state index contributed by atoms with van der Waals surface area (Å²) in [6, 6.07) is 0. The molecule has 1 aromatic rings. The second-order valence-electron chi connectivity index (χ2n) is 17.7. The van der Waals surface area contributed by atoms with E-state index in [1.807, 2.05) is 26.0 Å². The van der Waals surface area contributed by atoms with E-state index in [-0.39, 0.29) is 56.7 Å². The maximum Gasteiger partial charge on any atom is 0.233 e. The van der Waals surface area contributed by atoms with Crippen LogP contribution < -0.4 is 0 Å². The molecule has 0 radical (unpaired) electrons. The average Bonchev–Trinajstić information content (AvgIpc) is 3.48. The van der Waals surface area contributed by atoms with Crippen LogP contribution in [0.5, 0.6) is 0 Å². The Hall–Kier alpha value is -2.55. The molecule has 4 saturated carbocycles. The van der Waals surface area contributed by atoms with Gasteiger partial charge >= 0.3 is 0 Å². The molecule has 7 rings (SSSR count). The predicted molar refractivity (Wildman–Crippen MR) is 169 cm³/mol. The normalized spacial score (nSPS) is 43.0. The molecule has 0 bridgehead atoms. The van der Waals surface area contributed by atoms with Gasteiger partial charge in [-0.1, -0.05) is 84.5 Å². The number of allylic oxidation sites excluding steroid dienone is 4. The molecule has 6 heteroatoms. The summed E-state index contributed by atoms with van der Waals surface area (Å²) in [5.41, 5.74) is -0.346. The van der Waals surface area contributed by atoms with Crippen molar-refractivity contribution in [1.82, 2.24) is 10.1 Å². The quantitative estimate of drug-likeness (QED) is 0.318. The zero-order chi connectivity index (χ0) is 31.5. The van der Waals surface area contributed by atoms with Gasteiger partial charge in [0.25, 0.3) is 0 Å². The third-order valence-electron chi connectivity index (χ3n) is 14.7. The number of carbonyl (C=O) groups is 2. The first-order valence-corrected chi connectivity index (χ1v) is 17.4. The second-order valence-corrected chi connectivity index (χ2v) is 17.7. The molecule has 1 aromatic heterocycles. The van der Waals surface area contributed by atoms with Crippen molar-refractivity contribution < 1.29 is 14.1 Å². The van der Waals surface area contributed by atoms with Crippen LogP contribution in [0.1, 0.15) is 143 Å². The number of Topliss-reactive ketones (excluding diaryl/α,β-unsaturated/α-hetero) is 1. The second kappa shape index (κ2) is 9.49. The van der Waals surface area contributed by atoms with E-state index in [4.69, 9.17) is 16.1 Å². The van der Waals surface area contributed by atoms with E-state index in [1.165, 1.54) is 19.3 Å².